The van der Waals surface area contributed by atoms with Gasteiger partial charge in [-0.1, -0.05) is 0 Å². The lowest BCUT2D eigenvalue weighted by atomic mass is 10.5. The van der Waals surface area contributed by atoms with Crippen molar-refractivity contribution in [2.75, 3.05) is 31.2 Å². The Morgan fingerprint density at radius 2 is 2.33 bits per heavy atom. The fraction of sp³-hybridized carbons (Fsp3) is 0.600. The van der Waals surface area contributed by atoms with E-state index in [0.717, 1.165) is 24.9 Å². The third kappa shape index (κ3) is 3.06. The van der Waals surface area contributed by atoms with E-state index in [1.54, 1.807) is 12.4 Å². The van der Waals surface area contributed by atoms with Gasteiger partial charge in [0.2, 0.25) is 0 Å². The number of likely N-dealkylation sites (N-methyl/N-ethyl adjacent to an activating group) is 1. The highest BCUT2D eigenvalue weighted by atomic mass is 15.2. The molecular formula is C10H17N5. The molecule has 0 spiro atoms. The third-order valence-corrected chi connectivity index (χ3v) is 2.59. The molecule has 0 bridgehead atoms. The van der Waals surface area contributed by atoms with E-state index in [2.05, 4.69) is 27.2 Å². The number of aromatic nitrogens is 2. The molecule has 5 nitrogen and oxygen atoms in total. The van der Waals surface area contributed by atoms with Crippen LogP contribution in [0.5, 0.6) is 0 Å². The predicted molar refractivity (Wildman–Crippen MR) is 60.6 cm³/mol. The van der Waals surface area contributed by atoms with Crippen molar-refractivity contribution in [2.24, 2.45) is 0 Å². The summed E-state index contributed by atoms with van der Waals surface area (Å²) >= 11 is 0. The van der Waals surface area contributed by atoms with Crippen LogP contribution in [0.1, 0.15) is 12.8 Å². The molecular weight excluding hydrogens is 190 g/mol. The van der Waals surface area contributed by atoms with Crippen LogP contribution in [0.25, 0.3) is 0 Å². The Balaban J connectivity index is 1.73. The van der Waals surface area contributed by atoms with Crippen LogP contribution in [0.3, 0.4) is 0 Å². The Labute approximate surface area is 89.7 Å². The standard InChI is InChI=1S/C10H17N5/c1-15(8-2-3-8)5-4-13-10-7-12-6-9(11)14-10/h6-8H,2-5H2,1H3,(H3,11,13,14). The minimum absolute atomic E-state index is 0.454. The number of nitrogens with one attached hydrogen (secondary N) is 1. The number of hydrogen-bond acceptors (Lipinski definition) is 5. The van der Waals surface area contributed by atoms with Crippen molar-refractivity contribution < 1.29 is 0 Å². The molecule has 0 aliphatic heterocycles. The van der Waals surface area contributed by atoms with Crippen molar-refractivity contribution >= 4 is 11.6 Å². The molecule has 0 saturated heterocycles. The van der Waals surface area contributed by atoms with Crippen molar-refractivity contribution in [1.82, 2.24) is 14.9 Å². The molecule has 3 N–H and O–H groups in total. The molecule has 0 unspecified atom stereocenters. The van der Waals surface area contributed by atoms with Gasteiger partial charge in [-0.2, -0.15) is 0 Å². The second-order valence-corrected chi connectivity index (χ2v) is 3.97. The van der Waals surface area contributed by atoms with E-state index in [0.29, 0.717) is 5.82 Å². The summed E-state index contributed by atoms with van der Waals surface area (Å²) in [6, 6.07) is 0.804. The number of rotatable bonds is 5. The van der Waals surface area contributed by atoms with Crippen LogP contribution in [0.2, 0.25) is 0 Å². The van der Waals surface area contributed by atoms with Gasteiger partial charge in [0.05, 0.1) is 12.4 Å². The summed E-state index contributed by atoms with van der Waals surface area (Å²) in [6.07, 6.45) is 5.91. The first-order valence-electron chi connectivity index (χ1n) is 5.27. The van der Waals surface area contributed by atoms with Gasteiger partial charge in [-0.3, -0.25) is 4.98 Å². The number of nitrogen functional groups attached to an aromatic ring is 1. The summed E-state index contributed by atoms with van der Waals surface area (Å²) in [6.45, 7) is 1.91. The highest BCUT2D eigenvalue weighted by Gasteiger charge is 2.25. The van der Waals surface area contributed by atoms with Gasteiger partial charge in [-0.05, 0) is 19.9 Å². The highest BCUT2D eigenvalue weighted by Crippen LogP contribution is 2.24. The largest absolute Gasteiger partial charge is 0.382 e. The summed E-state index contributed by atoms with van der Waals surface area (Å²) in [4.78, 5) is 10.4. The second-order valence-electron chi connectivity index (χ2n) is 3.97. The molecule has 0 aromatic carbocycles. The Bertz CT molecular complexity index is 323. The minimum atomic E-state index is 0.454. The molecule has 0 amide bonds. The van der Waals surface area contributed by atoms with Crippen LogP contribution in [0.15, 0.2) is 12.4 Å². The summed E-state index contributed by atoms with van der Waals surface area (Å²) in [5.41, 5.74) is 5.52. The molecule has 1 aliphatic rings. The lowest BCUT2D eigenvalue weighted by molar-refractivity contribution is 0.337. The van der Waals surface area contributed by atoms with Gasteiger partial charge in [0.25, 0.3) is 0 Å². The molecule has 82 valence electrons. The normalized spacial score (nSPS) is 15.6. The summed E-state index contributed by atoms with van der Waals surface area (Å²) in [5, 5.41) is 3.20. The third-order valence-electron chi connectivity index (χ3n) is 2.59. The zero-order valence-electron chi connectivity index (χ0n) is 8.98. The molecule has 2 rings (SSSR count). The monoisotopic (exact) mass is 207 g/mol. The van der Waals surface area contributed by atoms with Crippen molar-refractivity contribution in [3.63, 3.8) is 0 Å². The number of nitrogens with two attached hydrogens (primary N) is 1. The van der Waals surface area contributed by atoms with Crippen LogP contribution in [0, 0.1) is 0 Å². The molecule has 1 aromatic rings. The van der Waals surface area contributed by atoms with Gasteiger partial charge in [-0.25, -0.2) is 4.98 Å². The molecule has 1 aliphatic carbocycles. The fourth-order valence-electron chi connectivity index (χ4n) is 1.52. The molecule has 0 atom stereocenters. The predicted octanol–water partition coefficient (Wildman–Crippen LogP) is 0.565. The summed E-state index contributed by atoms with van der Waals surface area (Å²) < 4.78 is 0. The lowest BCUT2D eigenvalue weighted by Crippen LogP contribution is -2.27. The van der Waals surface area contributed by atoms with E-state index in [-0.39, 0.29) is 0 Å². The Morgan fingerprint density at radius 3 is 3.00 bits per heavy atom. The van der Waals surface area contributed by atoms with Gasteiger partial charge in [0, 0.05) is 19.1 Å². The van der Waals surface area contributed by atoms with Crippen molar-refractivity contribution in [3.05, 3.63) is 12.4 Å². The van der Waals surface area contributed by atoms with E-state index in [1.165, 1.54) is 12.8 Å². The molecule has 0 radical (unpaired) electrons. The first kappa shape index (κ1) is 10.2. The molecule has 15 heavy (non-hydrogen) atoms. The Hall–Kier alpha value is -1.36. The lowest BCUT2D eigenvalue weighted by Gasteiger charge is -2.15. The average Bonchev–Trinajstić information content (AvgIpc) is 3.00. The van der Waals surface area contributed by atoms with E-state index >= 15 is 0 Å². The zero-order valence-corrected chi connectivity index (χ0v) is 8.98. The van der Waals surface area contributed by atoms with Crippen LogP contribution in [-0.4, -0.2) is 41.0 Å². The first-order chi connectivity index (χ1) is 7.25. The molecule has 1 fully saturated rings. The van der Waals surface area contributed by atoms with Crippen LogP contribution < -0.4 is 11.1 Å². The van der Waals surface area contributed by atoms with Crippen molar-refractivity contribution in [2.45, 2.75) is 18.9 Å². The SMILES string of the molecule is CN(CCNc1cncc(N)n1)C1CC1. The van der Waals surface area contributed by atoms with Gasteiger partial charge in [-0.15, -0.1) is 0 Å². The van der Waals surface area contributed by atoms with Gasteiger partial charge in [0.1, 0.15) is 11.6 Å². The van der Waals surface area contributed by atoms with E-state index in [9.17, 15) is 0 Å². The number of nitrogens with zero attached hydrogens (tertiary/aromatic N) is 3. The van der Waals surface area contributed by atoms with Crippen molar-refractivity contribution in [1.29, 1.82) is 0 Å². The topological polar surface area (TPSA) is 67.1 Å². The first-order valence-corrected chi connectivity index (χ1v) is 5.27. The molecule has 1 aromatic heterocycles. The van der Waals surface area contributed by atoms with Crippen LogP contribution in [-0.2, 0) is 0 Å². The minimum Gasteiger partial charge on any atom is -0.382 e. The average molecular weight is 207 g/mol. The maximum atomic E-state index is 5.52. The van der Waals surface area contributed by atoms with Gasteiger partial charge in [0.15, 0.2) is 0 Å². The number of hydrogen-bond donors (Lipinski definition) is 2. The highest BCUT2D eigenvalue weighted by molar-refractivity contribution is 5.38. The smallest absolute Gasteiger partial charge is 0.146 e. The van der Waals surface area contributed by atoms with Crippen molar-refractivity contribution in [3.8, 4) is 0 Å². The quantitative estimate of drug-likeness (QED) is 0.738. The van der Waals surface area contributed by atoms with E-state index in [4.69, 9.17) is 5.73 Å². The molecule has 1 saturated carbocycles. The van der Waals surface area contributed by atoms with E-state index in [1.807, 2.05) is 0 Å². The molecule has 5 heteroatoms. The Kier molecular flexibility index (Phi) is 3.01. The Morgan fingerprint density at radius 1 is 1.53 bits per heavy atom. The maximum Gasteiger partial charge on any atom is 0.146 e. The van der Waals surface area contributed by atoms with Gasteiger partial charge < -0.3 is 16.0 Å². The second kappa shape index (κ2) is 4.44. The molecule has 1 heterocycles. The fourth-order valence-corrected chi connectivity index (χ4v) is 1.52. The van der Waals surface area contributed by atoms with Crippen LogP contribution >= 0.6 is 0 Å². The zero-order chi connectivity index (χ0) is 10.7. The summed E-state index contributed by atoms with van der Waals surface area (Å²) in [7, 11) is 2.16. The maximum absolute atomic E-state index is 5.52. The number of anilines is 2. The van der Waals surface area contributed by atoms with E-state index < -0.39 is 0 Å². The van der Waals surface area contributed by atoms with Crippen LogP contribution in [0.4, 0.5) is 11.6 Å². The van der Waals surface area contributed by atoms with Gasteiger partial charge >= 0.3 is 0 Å². The summed E-state index contributed by atoms with van der Waals surface area (Å²) in [5.74, 6) is 1.20.